The van der Waals surface area contributed by atoms with E-state index in [4.69, 9.17) is 28.3 Å². The normalized spacial score (nSPS) is 10.2. The standard InChI is InChI=1S/C10H9Cl2NO3/c11-9(12)10(16)13-7-3-1-6(2-4-7)5-8(14)15/h1-4,9H,5H2,(H,13,16)(H,14,15). The van der Waals surface area contributed by atoms with Crippen molar-refractivity contribution in [1.29, 1.82) is 0 Å². The van der Waals surface area contributed by atoms with Crippen molar-refractivity contribution < 1.29 is 14.7 Å². The van der Waals surface area contributed by atoms with Crippen LogP contribution in [0.4, 0.5) is 5.69 Å². The van der Waals surface area contributed by atoms with Gasteiger partial charge in [-0.2, -0.15) is 0 Å². The molecule has 0 saturated carbocycles. The Bertz CT molecular complexity index is 390. The fourth-order valence-corrected chi connectivity index (χ4v) is 1.19. The van der Waals surface area contributed by atoms with Crippen LogP contribution in [0.15, 0.2) is 24.3 Å². The van der Waals surface area contributed by atoms with Crippen LogP contribution in [0.1, 0.15) is 5.56 Å². The van der Waals surface area contributed by atoms with E-state index in [1.807, 2.05) is 0 Å². The Morgan fingerprint density at radius 2 is 1.81 bits per heavy atom. The third-order valence-corrected chi connectivity index (χ3v) is 2.17. The Labute approximate surface area is 102 Å². The van der Waals surface area contributed by atoms with Crippen LogP contribution in [0.5, 0.6) is 0 Å². The fraction of sp³-hybridized carbons (Fsp3) is 0.200. The summed E-state index contributed by atoms with van der Waals surface area (Å²) in [6.45, 7) is 0. The molecule has 0 aliphatic heterocycles. The zero-order valence-electron chi connectivity index (χ0n) is 8.11. The number of amides is 1. The van der Waals surface area contributed by atoms with Gasteiger partial charge in [0.25, 0.3) is 5.91 Å². The first-order valence-electron chi connectivity index (χ1n) is 4.39. The van der Waals surface area contributed by atoms with E-state index in [2.05, 4.69) is 5.32 Å². The first kappa shape index (κ1) is 12.8. The number of carboxylic acids is 1. The molecule has 0 aliphatic carbocycles. The number of anilines is 1. The van der Waals surface area contributed by atoms with Crippen molar-refractivity contribution in [1.82, 2.24) is 0 Å². The molecule has 0 radical (unpaired) electrons. The van der Waals surface area contributed by atoms with Crippen molar-refractivity contribution in [2.75, 3.05) is 5.32 Å². The molecule has 1 aromatic carbocycles. The van der Waals surface area contributed by atoms with Gasteiger partial charge >= 0.3 is 5.97 Å². The molecule has 0 bridgehead atoms. The lowest BCUT2D eigenvalue weighted by atomic mass is 10.1. The topological polar surface area (TPSA) is 66.4 Å². The molecule has 2 N–H and O–H groups in total. The summed E-state index contributed by atoms with van der Waals surface area (Å²) >= 11 is 10.7. The zero-order valence-corrected chi connectivity index (χ0v) is 9.63. The number of nitrogens with one attached hydrogen (secondary N) is 1. The van der Waals surface area contributed by atoms with Gasteiger partial charge in [-0.1, -0.05) is 35.3 Å². The maximum Gasteiger partial charge on any atom is 0.307 e. The summed E-state index contributed by atoms with van der Waals surface area (Å²) in [6.07, 6.45) is -0.0537. The van der Waals surface area contributed by atoms with Gasteiger partial charge < -0.3 is 10.4 Å². The molecule has 0 saturated heterocycles. The molecule has 16 heavy (non-hydrogen) atoms. The number of carboxylic acid groups (broad SMARTS) is 1. The predicted octanol–water partition coefficient (Wildman–Crippen LogP) is 2.06. The highest BCUT2D eigenvalue weighted by Gasteiger charge is 2.11. The van der Waals surface area contributed by atoms with Gasteiger partial charge in [0.2, 0.25) is 0 Å². The van der Waals surface area contributed by atoms with E-state index in [0.717, 1.165) is 0 Å². The highest BCUT2D eigenvalue weighted by molar-refractivity contribution is 6.54. The number of alkyl halides is 2. The van der Waals surface area contributed by atoms with Crippen LogP contribution < -0.4 is 5.32 Å². The Kier molecular flexibility index (Phi) is 4.58. The van der Waals surface area contributed by atoms with Gasteiger partial charge in [0.15, 0.2) is 4.84 Å². The van der Waals surface area contributed by atoms with E-state index < -0.39 is 16.7 Å². The number of hydrogen-bond donors (Lipinski definition) is 2. The van der Waals surface area contributed by atoms with Gasteiger partial charge in [0.1, 0.15) is 0 Å². The summed E-state index contributed by atoms with van der Waals surface area (Å²) in [5, 5.41) is 11.0. The third kappa shape index (κ3) is 4.08. The first-order chi connectivity index (χ1) is 7.49. The second-order valence-corrected chi connectivity index (χ2v) is 4.15. The maximum absolute atomic E-state index is 11.1. The van der Waals surface area contributed by atoms with Gasteiger partial charge in [-0.15, -0.1) is 0 Å². The molecule has 1 rings (SSSR count). The van der Waals surface area contributed by atoms with Gasteiger partial charge in [0, 0.05) is 5.69 Å². The van der Waals surface area contributed by atoms with E-state index >= 15 is 0 Å². The Hall–Kier alpha value is -1.26. The summed E-state index contributed by atoms with van der Waals surface area (Å²) in [6, 6.07) is 6.40. The molecule has 0 atom stereocenters. The number of benzene rings is 1. The van der Waals surface area contributed by atoms with Crippen LogP contribution in [0, 0.1) is 0 Å². The minimum absolute atomic E-state index is 0.0537. The molecule has 6 heteroatoms. The van der Waals surface area contributed by atoms with E-state index in [-0.39, 0.29) is 6.42 Å². The van der Waals surface area contributed by atoms with E-state index in [9.17, 15) is 9.59 Å². The monoisotopic (exact) mass is 261 g/mol. The van der Waals surface area contributed by atoms with Crippen molar-refractivity contribution in [3.63, 3.8) is 0 Å². The van der Waals surface area contributed by atoms with E-state index in [0.29, 0.717) is 11.3 Å². The molecule has 0 aromatic heterocycles. The molecular weight excluding hydrogens is 253 g/mol. The smallest absolute Gasteiger partial charge is 0.307 e. The lowest BCUT2D eigenvalue weighted by Gasteiger charge is -2.05. The quantitative estimate of drug-likeness (QED) is 0.816. The molecule has 4 nitrogen and oxygen atoms in total. The van der Waals surface area contributed by atoms with Crippen LogP contribution in [-0.4, -0.2) is 21.8 Å². The lowest BCUT2D eigenvalue weighted by molar-refractivity contribution is -0.136. The summed E-state index contributed by atoms with van der Waals surface area (Å²) in [5.74, 6) is -1.42. The maximum atomic E-state index is 11.1. The number of hydrogen-bond acceptors (Lipinski definition) is 2. The highest BCUT2D eigenvalue weighted by atomic mass is 35.5. The van der Waals surface area contributed by atoms with Crippen molar-refractivity contribution in [2.24, 2.45) is 0 Å². The van der Waals surface area contributed by atoms with Crippen LogP contribution in [0.2, 0.25) is 0 Å². The number of carbonyl (C=O) groups excluding carboxylic acids is 1. The molecule has 86 valence electrons. The molecule has 0 heterocycles. The first-order valence-corrected chi connectivity index (χ1v) is 5.26. The van der Waals surface area contributed by atoms with E-state index in [1.165, 1.54) is 0 Å². The number of aliphatic carboxylic acids is 1. The van der Waals surface area contributed by atoms with Crippen LogP contribution in [0.25, 0.3) is 0 Å². The summed E-state index contributed by atoms with van der Waals surface area (Å²) in [5.41, 5.74) is 1.17. The van der Waals surface area contributed by atoms with Gasteiger partial charge in [-0.05, 0) is 17.7 Å². The summed E-state index contributed by atoms with van der Waals surface area (Å²) in [4.78, 5) is 20.4. The Morgan fingerprint density at radius 3 is 2.25 bits per heavy atom. The minimum Gasteiger partial charge on any atom is -0.481 e. The lowest BCUT2D eigenvalue weighted by Crippen LogP contribution is -2.18. The molecule has 0 fully saturated rings. The summed E-state index contributed by atoms with van der Waals surface area (Å²) < 4.78 is 0. The zero-order chi connectivity index (χ0) is 12.1. The Balaban J connectivity index is 2.64. The number of halogens is 2. The second-order valence-electron chi connectivity index (χ2n) is 3.06. The molecule has 0 unspecified atom stereocenters. The third-order valence-electron chi connectivity index (χ3n) is 1.78. The van der Waals surface area contributed by atoms with Crippen molar-refractivity contribution in [3.05, 3.63) is 29.8 Å². The van der Waals surface area contributed by atoms with Crippen LogP contribution in [-0.2, 0) is 16.0 Å². The number of rotatable bonds is 4. The summed E-state index contributed by atoms with van der Waals surface area (Å²) in [7, 11) is 0. The van der Waals surface area contributed by atoms with Crippen molar-refractivity contribution >= 4 is 40.8 Å². The van der Waals surface area contributed by atoms with Gasteiger partial charge in [-0.3, -0.25) is 9.59 Å². The van der Waals surface area contributed by atoms with Gasteiger partial charge in [-0.25, -0.2) is 0 Å². The Morgan fingerprint density at radius 1 is 1.25 bits per heavy atom. The molecule has 0 aliphatic rings. The molecule has 1 amide bonds. The molecule has 0 spiro atoms. The number of carbonyl (C=O) groups is 2. The SMILES string of the molecule is O=C(O)Cc1ccc(NC(=O)C(Cl)Cl)cc1. The second kappa shape index (κ2) is 5.72. The predicted molar refractivity (Wildman–Crippen MR) is 61.9 cm³/mol. The van der Waals surface area contributed by atoms with E-state index in [1.54, 1.807) is 24.3 Å². The van der Waals surface area contributed by atoms with Gasteiger partial charge in [0.05, 0.1) is 6.42 Å². The average Bonchev–Trinajstić information content (AvgIpc) is 2.20. The molecular formula is C10H9Cl2NO3. The minimum atomic E-state index is -1.13. The molecule has 1 aromatic rings. The highest BCUT2D eigenvalue weighted by Crippen LogP contribution is 2.12. The van der Waals surface area contributed by atoms with Crippen LogP contribution in [0.3, 0.4) is 0 Å². The van der Waals surface area contributed by atoms with Crippen molar-refractivity contribution in [2.45, 2.75) is 11.3 Å². The fourth-order valence-electron chi connectivity index (χ4n) is 1.08. The average molecular weight is 262 g/mol. The van der Waals surface area contributed by atoms with Crippen molar-refractivity contribution in [3.8, 4) is 0 Å². The largest absolute Gasteiger partial charge is 0.481 e. The van der Waals surface area contributed by atoms with Crippen LogP contribution >= 0.6 is 23.2 Å².